The Morgan fingerprint density at radius 1 is 1.29 bits per heavy atom. The molecule has 2 fully saturated rings. The Hall–Kier alpha value is -0.430. The molecule has 4 nitrogen and oxygen atoms in total. The molecule has 118 valence electrons. The SMILES string of the molecule is CS(=O)(=O)N1CCC[C@@H](CN2CCC[C@@H]2c2ccsc2)C1. The Labute approximate surface area is 131 Å². The lowest BCUT2D eigenvalue weighted by atomic mass is 9.98. The highest BCUT2D eigenvalue weighted by atomic mass is 32.2. The van der Waals surface area contributed by atoms with Crippen molar-refractivity contribution in [2.24, 2.45) is 5.92 Å². The molecule has 0 aliphatic carbocycles. The number of thiophene rings is 1. The topological polar surface area (TPSA) is 40.6 Å². The van der Waals surface area contributed by atoms with Crippen molar-refractivity contribution in [3.63, 3.8) is 0 Å². The molecule has 0 saturated carbocycles. The molecule has 2 atom stereocenters. The molecule has 3 rings (SSSR count). The van der Waals surface area contributed by atoms with Crippen LogP contribution in [0.5, 0.6) is 0 Å². The Kier molecular flexibility index (Phi) is 4.69. The van der Waals surface area contributed by atoms with Crippen molar-refractivity contribution in [2.75, 3.05) is 32.4 Å². The highest BCUT2D eigenvalue weighted by molar-refractivity contribution is 7.88. The molecule has 0 spiro atoms. The molecule has 0 aromatic carbocycles. The third-order valence-corrected chi connectivity index (χ3v) is 6.71. The van der Waals surface area contributed by atoms with Crippen molar-refractivity contribution in [2.45, 2.75) is 31.7 Å². The minimum atomic E-state index is -3.03. The first-order valence-electron chi connectivity index (χ1n) is 7.75. The Morgan fingerprint density at radius 2 is 2.10 bits per heavy atom. The van der Waals surface area contributed by atoms with E-state index in [4.69, 9.17) is 0 Å². The quantitative estimate of drug-likeness (QED) is 0.853. The molecule has 0 bridgehead atoms. The lowest BCUT2D eigenvalue weighted by Gasteiger charge is -2.35. The van der Waals surface area contributed by atoms with Gasteiger partial charge in [-0.25, -0.2) is 12.7 Å². The monoisotopic (exact) mass is 328 g/mol. The molecule has 2 saturated heterocycles. The van der Waals surface area contributed by atoms with Crippen molar-refractivity contribution in [3.05, 3.63) is 22.4 Å². The first kappa shape index (κ1) is 15.5. The van der Waals surface area contributed by atoms with Gasteiger partial charge >= 0.3 is 0 Å². The maximum atomic E-state index is 11.7. The highest BCUT2D eigenvalue weighted by Crippen LogP contribution is 2.34. The molecule has 0 N–H and O–H groups in total. The zero-order chi connectivity index (χ0) is 14.9. The number of nitrogens with zero attached hydrogens (tertiary/aromatic N) is 2. The van der Waals surface area contributed by atoms with Gasteiger partial charge in [0.1, 0.15) is 0 Å². The fraction of sp³-hybridized carbons (Fsp3) is 0.733. The van der Waals surface area contributed by atoms with Crippen LogP contribution >= 0.6 is 11.3 Å². The van der Waals surface area contributed by atoms with E-state index in [0.29, 0.717) is 25.0 Å². The molecular formula is C15H24N2O2S2. The number of rotatable bonds is 4. The number of hydrogen-bond donors (Lipinski definition) is 0. The average Bonchev–Trinajstić information content (AvgIpc) is 3.08. The minimum absolute atomic E-state index is 0.479. The van der Waals surface area contributed by atoms with Crippen molar-refractivity contribution in [1.29, 1.82) is 0 Å². The number of likely N-dealkylation sites (tertiary alicyclic amines) is 1. The summed E-state index contributed by atoms with van der Waals surface area (Å²) in [5, 5.41) is 4.41. The second kappa shape index (κ2) is 6.36. The van der Waals surface area contributed by atoms with Crippen LogP contribution in [0.15, 0.2) is 16.8 Å². The Morgan fingerprint density at radius 3 is 2.81 bits per heavy atom. The summed E-state index contributed by atoms with van der Waals surface area (Å²) in [6.07, 6.45) is 5.97. The van der Waals surface area contributed by atoms with E-state index >= 15 is 0 Å². The third kappa shape index (κ3) is 3.67. The number of piperidine rings is 1. The van der Waals surface area contributed by atoms with E-state index in [0.717, 1.165) is 25.9 Å². The zero-order valence-electron chi connectivity index (χ0n) is 12.6. The molecular weight excluding hydrogens is 304 g/mol. The van der Waals surface area contributed by atoms with Crippen LogP contribution < -0.4 is 0 Å². The highest BCUT2D eigenvalue weighted by Gasteiger charge is 2.31. The third-order valence-electron chi connectivity index (χ3n) is 4.74. The molecule has 6 heteroatoms. The van der Waals surface area contributed by atoms with Crippen molar-refractivity contribution in [3.8, 4) is 0 Å². The standard InChI is InChI=1S/C15H24N2O2S2/c1-21(18,19)17-8-2-4-13(11-17)10-16-7-3-5-15(16)14-6-9-20-12-14/h6,9,12-13,15H,2-5,7-8,10-11H2,1H3/t13-,15+/m0/s1. The molecule has 0 unspecified atom stereocenters. The van der Waals surface area contributed by atoms with E-state index in [1.165, 1.54) is 24.7 Å². The smallest absolute Gasteiger partial charge is 0.211 e. The van der Waals surface area contributed by atoms with E-state index < -0.39 is 10.0 Å². The molecule has 1 aromatic rings. The van der Waals surface area contributed by atoms with E-state index in [1.807, 2.05) is 0 Å². The van der Waals surface area contributed by atoms with Crippen molar-refractivity contribution in [1.82, 2.24) is 9.21 Å². The normalized spacial score (nSPS) is 29.0. The Balaban J connectivity index is 1.63. The van der Waals surface area contributed by atoms with Crippen LogP contribution in [0.2, 0.25) is 0 Å². The second-order valence-electron chi connectivity index (χ2n) is 6.34. The van der Waals surface area contributed by atoms with Gasteiger partial charge in [0.25, 0.3) is 0 Å². The lowest BCUT2D eigenvalue weighted by molar-refractivity contribution is 0.169. The first-order valence-corrected chi connectivity index (χ1v) is 10.5. The fourth-order valence-electron chi connectivity index (χ4n) is 3.70. The van der Waals surface area contributed by atoms with Gasteiger partial charge in [0.15, 0.2) is 0 Å². The summed E-state index contributed by atoms with van der Waals surface area (Å²) in [5.41, 5.74) is 1.44. The fourth-order valence-corrected chi connectivity index (χ4v) is 5.34. The van der Waals surface area contributed by atoms with Gasteiger partial charge in [-0.3, -0.25) is 4.90 Å². The van der Waals surface area contributed by atoms with E-state index in [1.54, 1.807) is 15.6 Å². The van der Waals surface area contributed by atoms with Gasteiger partial charge in [-0.1, -0.05) is 0 Å². The maximum Gasteiger partial charge on any atom is 0.211 e. The van der Waals surface area contributed by atoms with Gasteiger partial charge in [0.2, 0.25) is 10.0 Å². The maximum absolute atomic E-state index is 11.7. The van der Waals surface area contributed by atoms with Crippen molar-refractivity contribution >= 4 is 21.4 Å². The molecule has 1 aromatic heterocycles. The molecule has 0 radical (unpaired) electrons. The lowest BCUT2D eigenvalue weighted by Crippen LogP contribution is -2.43. The zero-order valence-corrected chi connectivity index (χ0v) is 14.2. The summed E-state index contributed by atoms with van der Waals surface area (Å²) in [6, 6.07) is 2.78. The predicted molar refractivity (Wildman–Crippen MR) is 87.0 cm³/mol. The number of hydrogen-bond acceptors (Lipinski definition) is 4. The largest absolute Gasteiger partial charge is 0.296 e. The summed E-state index contributed by atoms with van der Waals surface area (Å²) in [4.78, 5) is 2.57. The van der Waals surface area contributed by atoms with E-state index in [-0.39, 0.29) is 0 Å². The molecule has 21 heavy (non-hydrogen) atoms. The van der Waals surface area contributed by atoms with Crippen LogP contribution in [0, 0.1) is 5.92 Å². The van der Waals surface area contributed by atoms with Gasteiger partial charge in [-0.05, 0) is 60.5 Å². The molecule has 2 aliphatic rings. The van der Waals surface area contributed by atoms with Crippen LogP contribution in [0.1, 0.15) is 37.3 Å². The number of sulfonamides is 1. The van der Waals surface area contributed by atoms with E-state index in [2.05, 4.69) is 21.7 Å². The van der Waals surface area contributed by atoms with Crippen LogP contribution in [-0.2, 0) is 10.0 Å². The van der Waals surface area contributed by atoms with Gasteiger partial charge in [0, 0.05) is 25.7 Å². The van der Waals surface area contributed by atoms with Gasteiger partial charge in [0.05, 0.1) is 6.26 Å². The average molecular weight is 329 g/mol. The predicted octanol–water partition coefficient (Wildman–Crippen LogP) is 2.56. The van der Waals surface area contributed by atoms with Crippen LogP contribution in [0.25, 0.3) is 0 Å². The van der Waals surface area contributed by atoms with Crippen molar-refractivity contribution < 1.29 is 8.42 Å². The van der Waals surface area contributed by atoms with Crippen LogP contribution in [-0.4, -0.2) is 50.1 Å². The molecule has 2 aliphatic heterocycles. The summed E-state index contributed by atoms with van der Waals surface area (Å²) >= 11 is 1.76. The minimum Gasteiger partial charge on any atom is -0.296 e. The van der Waals surface area contributed by atoms with Gasteiger partial charge in [-0.2, -0.15) is 11.3 Å². The molecule has 3 heterocycles. The molecule has 0 amide bonds. The summed E-state index contributed by atoms with van der Waals surface area (Å²) in [5.74, 6) is 0.479. The first-order chi connectivity index (χ1) is 10.0. The second-order valence-corrected chi connectivity index (χ2v) is 9.10. The van der Waals surface area contributed by atoms with E-state index in [9.17, 15) is 8.42 Å². The van der Waals surface area contributed by atoms with Gasteiger partial charge < -0.3 is 0 Å². The summed E-state index contributed by atoms with van der Waals surface area (Å²) in [6.45, 7) is 3.58. The summed E-state index contributed by atoms with van der Waals surface area (Å²) in [7, 11) is -3.03. The Bertz CT molecular complexity index is 556. The van der Waals surface area contributed by atoms with Crippen LogP contribution in [0.3, 0.4) is 0 Å². The van der Waals surface area contributed by atoms with Gasteiger partial charge in [-0.15, -0.1) is 0 Å². The summed E-state index contributed by atoms with van der Waals surface area (Å²) < 4.78 is 25.1. The van der Waals surface area contributed by atoms with Crippen LogP contribution in [0.4, 0.5) is 0 Å².